The van der Waals surface area contributed by atoms with Crippen molar-refractivity contribution in [1.82, 2.24) is 35.0 Å². The highest BCUT2D eigenvalue weighted by Gasteiger charge is 2.17. The number of aromatic nitrogens is 6. The Bertz CT molecular complexity index is 1660. The van der Waals surface area contributed by atoms with Gasteiger partial charge in [0.15, 0.2) is 0 Å². The van der Waals surface area contributed by atoms with E-state index in [9.17, 15) is 0 Å². The van der Waals surface area contributed by atoms with Crippen molar-refractivity contribution in [2.45, 2.75) is 13.5 Å². The Morgan fingerprint density at radius 2 is 1.86 bits per heavy atom. The third kappa shape index (κ3) is 3.96. The van der Waals surface area contributed by atoms with Crippen LogP contribution in [0.1, 0.15) is 5.69 Å². The van der Waals surface area contributed by atoms with Gasteiger partial charge in [-0.25, -0.2) is 4.98 Å². The number of fused-ring (bicyclic) bond motifs is 2. The van der Waals surface area contributed by atoms with E-state index in [0.717, 1.165) is 74.4 Å². The predicted octanol–water partition coefficient (Wildman–Crippen LogP) is 5.23. The zero-order valence-electron chi connectivity index (χ0n) is 19.7. The van der Waals surface area contributed by atoms with Crippen molar-refractivity contribution in [2.75, 3.05) is 13.6 Å². The predicted molar refractivity (Wildman–Crippen MR) is 140 cm³/mol. The molecule has 2 N–H and O–H groups in total. The number of H-pyrrole nitrogens is 1. The summed E-state index contributed by atoms with van der Waals surface area (Å²) >= 11 is 0. The van der Waals surface area contributed by atoms with Gasteiger partial charge in [-0.05, 0) is 62.0 Å². The van der Waals surface area contributed by atoms with Crippen LogP contribution in [0.15, 0.2) is 79.4 Å². The largest absolute Gasteiger partial charge is 0.337 e. The summed E-state index contributed by atoms with van der Waals surface area (Å²) < 4.78 is 1.95. The molecule has 172 valence electrons. The first kappa shape index (κ1) is 21.2. The molecule has 6 aromatic rings. The van der Waals surface area contributed by atoms with Crippen LogP contribution in [0.5, 0.6) is 0 Å². The number of nitrogens with one attached hydrogen (secondary N) is 2. The van der Waals surface area contributed by atoms with Crippen LogP contribution in [0.2, 0.25) is 0 Å². The van der Waals surface area contributed by atoms with Crippen molar-refractivity contribution in [2.24, 2.45) is 0 Å². The number of likely N-dealkylation sites (N-methyl/N-ethyl adjacent to an activating group) is 1. The van der Waals surface area contributed by atoms with Crippen LogP contribution in [0, 0.1) is 6.92 Å². The summed E-state index contributed by atoms with van der Waals surface area (Å²) in [6, 6.07) is 18.7. The van der Waals surface area contributed by atoms with Crippen LogP contribution < -0.4 is 5.32 Å². The Hall–Kier alpha value is -4.36. The smallest absolute Gasteiger partial charge is 0.138 e. The number of hydrogen-bond donors (Lipinski definition) is 2. The van der Waals surface area contributed by atoms with Crippen LogP contribution >= 0.6 is 0 Å². The van der Waals surface area contributed by atoms with E-state index in [0.29, 0.717) is 0 Å². The van der Waals surface area contributed by atoms with E-state index in [1.807, 2.05) is 61.5 Å². The molecule has 0 amide bonds. The second-order valence-corrected chi connectivity index (χ2v) is 8.67. The zero-order chi connectivity index (χ0) is 23.8. The van der Waals surface area contributed by atoms with Crippen molar-refractivity contribution >= 4 is 21.9 Å². The van der Waals surface area contributed by atoms with E-state index >= 15 is 0 Å². The van der Waals surface area contributed by atoms with Gasteiger partial charge in [0.1, 0.15) is 5.65 Å². The molecule has 0 radical (unpaired) electrons. The van der Waals surface area contributed by atoms with E-state index in [2.05, 4.69) is 56.9 Å². The highest BCUT2D eigenvalue weighted by molar-refractivity contribution is 6.03. The SMILES string of the molecule is CNCCn1cc(-c2cnc3ccc(-c4c(-c5cccc(C)n5)[nH]c5ncccc45)cc3c2)cn1. The third-order valence-corrected chi connectivity index (χ3v) is 6.24. The lowest BCUT2D eigenvalue weighted by Gasteiger charge is -2.08. The molecular formula is C28H25N7. The summed E-state index contributed by atoms with van der Waals surface area (Å²) in [5.41, 5.74) is 8.94. The van der Waals surface area contributed by atoms with Gasteiger partial charge in [-0.1, -0.05) is 12.1 Å². The Balaban J connectivity index is 1.48. The van der Waals surface area contributed by atoms with Gasteiger partial charge in [-0.2, -0.15) is 5.10 Å². The Morgan fingerprint density at radius 1 is 0.943 bits per heavy atom. The molecule has 6 rings (SSSR count). The van der Waals surface area contributed by atoms with Crippen molar-refractivity contribution in [3.63, 3.8) is 0 Å². The molecule has 0 spiro atoms. The van der Waals surface area contributed by atoms with E-state index in [4.69, 9.17) is 9.97 Å². The molecule has 0 aliphatic rings. The molecule has 0 aliphatic carbocycles. The summed E-state index contributed by atoms with van der Waals surface area (Å²) in [5, 5.41) is 9.78. The van der Waals surface area contributed by atoms with Crippen molar-refractivity contribution in [3.8, 4) is 33.6 Å². The maximum atomic E-state index is 4.78. The lowest BCUT2D eigenvalue weighted by atomic mass is 9.98. The van der Waals surface area contributed by atoms with E-state index < -0.39 is 0 Å². The Morgan fingerprint density at radius 3 is 2.74 bits per heavy atom. The van der Waals surface area contributed by atoms with Crippen molar-refractivity contribution in [1.29, 1.82) is 0 Å². The van der Waals surface area contributed by atoms with Crippen LogP contribution in [0.4, 0.5) is 0 Å². The fourth-order valence-electron chi connectivity index (χ4n) is 4.50. The van der Waals surface area contributed by atoms with E-state index in [1.54, 1.807) is 0 Å². The van der Waals surface area contributed by atoms with Crippen LogP contribution in [0.25, 0.3) is 55.6 Å². The van der Waals surface area contributed by atoms with E-state index in [-0.39, 0.29) is 0 Å². The molecule has 5 aromatic heterocycles. The zero-order valence-corrected chi connectivity index (χ0v) is 19.7. The maximum Gasteiger partial charge on any atom is 0.138 e. The van der Waals surface area contributed by atoms with Gasteiger partial charge in [-0.15, -0.1) is 0 Å². The normalized spacial score (nSPS) is 11.5. The molecule has 0 bridgehead atoms. The van der Waals surface area contributed by atoms with Gasteiger partial charge in [0.05, 0.1) is 29.6 Å². The first-order valence-corrected chi connectivity index (χ1v) is 11.7. The van der Waals surface area contributed by atoms with Gasteiger partial charge >= 0.3 is 0 Å². The molecule has 7 nitrogen and oxygen atoms in total. The second kappa shape index (κ2) is 8.77. The number of pyridine rings is 3. The van der Waals surface area contributed by atoms with Gasteiger partial charge in [0, 0.05) is 58.3 Å². The number of aryl methyl sites for hydroxylation is 1. The lowest BCUT2D eigenvalue weighted by molar-refractivity contribution is 0.585. The van der Waals surface area contributed by atoms with Crippen molar-refractivity contribution < 1.29 is 0 Å². The monoisotopic (exact) mass is 459 g/mol. The third-order valence-electron chi connectivity index (χ3n) is 6.24. The number of benzene rings is 1. The van der Waals surface area contributed by atoms with Gasteiger partial charge in [0.2, 0.25) is 0 Å². The molecule has 0 aliphatic heterocycles. The number of hydrogen-bond acceptors (Lipinski definition) is 5. The molecule has 7 heteroatoms. The maximum absolute atomic E-state index is 4.78. The molecule has 0 atom stereocenters. The van der Waals surface area contributed by atoms with Crippen LogP contribution in [-0.4, -0.2) is 43.3 Å². The minimum atomic E-state index is 0.825. The van der Waals surface area contributed by atoms with E-state index in [1.165, 1.54) is 0 Å². The second-order valence-electron chi connectivity index (χ2n) is 8.67. The highest BCUT2D eigenvalue weighted by atomic mass is 15.3. The molecule has 0 saturated carbocycles. The van der Waals surface area contributed by atoms with Gasteiger partial charge in [-0.3, -0.25) is 14.6 Å². The Labute approximate surface area is 202 Å². The highest BCUT2D eigenvalue weighted by Crippen LogP contribution is 2.38. The molecule has 0 fully saturated rings. The van der Waals surface area contributed by atoms with Gasteiger partial charge < -0.3 is 10.3 Å². The first-order chi connectivity index (χ1) is 17.2. The molecule has 35 heavy (non-hydrogen) atoms. The molecule has 0 saturated heterocycles. The summed E-state index contributed by atoms with van der Waals surface area (Å²) in [4.78, 5) is 17.6. The minimum Gasteiger partial charge on any atom is -0.337 e. The molecule has 0 unspecified atom stereocenters. The quantitative estimate of drug-likeness (QED) is 0.356. The lowest BCUT2D eigenvalue weighted by Crippen LogP contribution is -2.14. The average molecular weight is 460 g/mol. The number of aromatic amines is 1. The van der Waals surface area contributed by atoms with Crippen molar-refractivity contribution in [3.05, 3.63) is 85.1 Å². The number of rotatable bonds is 6. The van der Waals surface area contributed by atoms with Crippen LogP contribution in [-0.2, 0) is 6.54 Å². The topological polar surface area (TPSA) is 84.3 Å². The fourth-order valence-corrected chi connectivity index (χ4v) is 4.50. The molecular weight excluding hydrogens is 434 g/mol. The molecule has 5 heterocycles. The fraction of sp³-hybridized carbons (Fsp3) is 0.143. The average Bonchev–Trinajstić information content (AvgIpc) is 3.52. The summed E-state index contributed by atoms with van der Waals surface area (Å²) in [7, 11) is 1.94. The van der Waals surface area contributed by atoms with Crippen LogP contribution in [0.3, 0.4) is 0 Å². The standard InChI is InChI=1S/C28H25N7/c1-18-5-3-7-25(33-18)27-26(23-6-4-10-30-28(23)34-27)19-8-9-24-20(13-19)14-21(15-31-24)22-16-32-35(17-22)12-11-29-2/h3-10,13-17,29H,11-12H2,1-2H3,(H,30,34). The summed E-state index contributed by atoms with van der Waals surface area (Å²) in [5.74, 6) is 0. The molecule has 1 aromatic carbocycles. The first-order valence-electron chi connectivity index (χ1n) is 11.7. The summed E-state index contributed by atoms with van der Waals surface area (Å²) in [6.45, 7) is 3.71. The Kier molecular flexibility index (Phi) is 5.31. The minimum absolute atomic E-state index is 0.825. The number of nitrogens with zero attached hydrogens (tertiary/aromatic N) is 5. The van der Waals surface area contributed by atoms with Gasteiger partial charge in [0.25, 0.3) is 0 Å². The summed E-state index contributed by atoms with van der Waals surface area (Å²) in [6.07, 6.45) is 7.69.